The predicted molar refractivity (Wildman–Crippen MR) is 56.3 cm³/mol. The highest BCUT2D eigenvalue weighted by Gasteiger charge is 2.12. The molecule has 4 nitrogen and oxygen atoms in total. The van der Waals surface area contributed by atoms with Crippen molar-refractivity contribution in [1.82, 2.24) is 4.72 Å². The first kappa shape index (κ1) is 13.2. The Morgan fingerprint density at radius 3 is 2.57 bits per heavy atom. The lowest BCUT2D eigenvalue weighted by Crippen LogP contribution is -2.31. The zero-order valence-electron chi connectivity index (χ0n) is 8.45. The lowest BCUT2D eigenvalue weighted by atomic mass is 10.3. The van der Waals surface area contributed by atoms with E-state index in [-0.39, 0.29) is 12.2 Å². The van der Waals surface area contributed by atoms with Crippen LogP contribution in [0.4, 0.5) is 0 Å². The van der Waals surface area contributed by atoms with Gasteiger partial charge in [0.25, 0.3) is 0 Å². The molecule has 0 unspecified atom stereocenters. The zero-order valence-corrected chi connectivity index (χ0v) is 9.27. The highest BCUT2D eigenvalue weighted by Crippen LogP contribution is 1.98. The van der Waals surface area contributed by atoms with Gasteiger partial charge in [0.1, 0.15) is 0 Å². The third kappa shape index (κ3) is 6.65. The summed E-state index contributed by atoms with van der Waals surface area (Å²) in [6.07, 6.45) is 3.81. The molecule has 5 heteroatoms. The third-order valence-corrected chi connectivity index (χ3v) is 2.98. The number of unbranched alkanes of at least 4 members (excludes halogenated alkanes) is 2. The van der Waals surface area contributed by atoms with Crippen molar-refractivity contribution in [3.63, 3.8) is 0 Å². The van der Waals surface area contributed by atoms with Gasteiger partial charge < -0.3 is 0 Å². The second kappa shape index (κ2) is 6.59. The fourth-order valence-electron chi connectivity index (χ4n) is 0.939. The number of hydrogen-bond acceptors (Lipinski definition) is 3. The van der Waals surface area contributed by atoms with Gasteiger partial charge in [-0.25, -0.2) is 8.42 Å². The number of carbonyl (C=O) groups excluding carboxylic acids is 1. The summed E-state index contributed by atoms with van der Waals surface area (Å²) in [6, 6.07) is 0. The summed E-state index contributed by atoms with van der Waals surface area (Å²) in [5, 5.41) is 0. The van der Waals surface area contributed by atoms with Gasteiger partial charge in [0.05, 0.1) is 5.75 Å². The van der Waals surface area contributed by atoms with Crippen molar-refractivity contribution in [2.24, 2.45) is 0 Å². The van der Waals surface area contributed by atoms with E-state index in [0.717, 1.165) is 12.8 Å². The van der Waals surface area contributed by atoms with Crippen molar-refractivity contribution in [3.05, 3.63) is 12.7 Å². The second-order valence-corrected chi connectivity index (χ2v) is 4.89. The number of nitrogens with one attached hydrogen (secondary N) is 1. The Kier molecular flexibility index (Phi) is 6.19. The normalized spacial score (nSPS) is 10.9. The molecule has 0 radical (unpaired) electrons. The standard InChI is InChI=1S/C9H17NO3S/c1-3-5-6-8-14(12,13)10-9(11)7-4-2/h4H,2-3,5-8H2,1H3,(H,10,11). The minimum absolute atomic E-state index is 0.0176. The van der Waals surface area contributed by atoms with Crippen LogP contribution in [0.25, 0.3) is 0 Å². The summed E-state index contributed by atoms with van der Waals surface area (Å²) in [5.74, 6) is -0.500. The molecule has 0 fully saturated rings. The van der Waals surface area contributed by atoms with Crippen molar-refractivity contribution in [1.29, 1.82) is 0 Å². The number of sulfonamides is 1. The van der Waals surface area contributed by atoms with Gasteiger partial charge in [-0.1, -0.05) is 25.8 Å². The van der Waals surface area contributed by atoms with Crippen LogP contribution >= 0.6 is 0 Å². The third-order valence-electron chi connectivity index (χ3n) is 1.62. The minimum Gasteiger partial charge on any atom is -0.274 e. The molecule has 0 saturated heterocycles. The molecule has 0 aromatic carbocycles. The van der Waals surface area contributed by atoms with Gasteiger partial charge in [-0.15, -0.1) is 6.58 Å². The molecule has 0 bridgehead atoms. The maximum Gasteiger partial charge on any atom is 0.237 e. The molecule has 0 rings (SSSR count). The number of amides is 1. The Balaban J connectivity index is 3.94. The maximum absolute atomic E-state index is 11.2. The lowest BCUT2D eigenvalue weighted by molar-refractivity contribution is -0.118. The van der Waals surface area contributed by atoms with Gasteiger partial charge in [-0.2, -0.15) is 0 Å². The van der Waals surface area contributed by atoms with E-state index in [1.54, 1.807) is 0 Å². The fourth-order valence-corrected chi connectivity index (χ4v) is 2.06. The van der Waals surface area contributed by atoms with Gasteiger partial charge in [0.2, 0.25) is 15.9 Å². The molecule has 0 aliphatic heterocycles. The molecule has 1 amide bonds. The molecule has 0 atom stereocenters. The predicted octanol–water partition coefficient (Wildman–Crippen LogP) is 1.20. The van der Waals surface area contributed by atoms with Crippen LogP contribution in [0.2, 0.25) is 0 Å². The van der Waals surface area contributed by atoms with E-state index in [1.807, 2.05) is 11.6 Å². The molecule has 1 N–H and O–H groups in total. The number of hydrogen-bond donors (Lipinski definition) is 1. The summed E-state index contributed by atoms with van der Waals surface area (Å²) in [4.78, 5) is 10.9. The first-order chi connectivity index (χ1) is 6.52. The van der Waals surface area contributed by atoms with Gasteiger partial charge in [-0.3, -0.25) is 9.52 Å². The van der Waals surface area contributed by atoms with Crippen LogP contribution < -0.4 is 4.72 Å². The van der Waals surface area contributed by atoms with Crippen molar-refractivity contribution in [2.45, 2.75) is 32.6 Å². The van der Waals surface area contributed by atoms with Crippen LogP contribution in [-0.4, -0.2) is 20.1 Å². The topological polar surface area (TPSA) is 63.2 Å². The first-order valence-corrected chi connectivity index (χ1v) is 6.31. The van der Waals surface area contributed by atoms with Crippen LogP contribution in [-0.2, 0) is 14.8 Å². The molecule has 0 saturated carbocycles. The Bertz CT molecular complexity index is 282. The average Bonchev–Trinajstić information content (AvgIpc) is 2.03. The first-order valence-electron chi connectivity index (χ1n) is 4.66. The Labute approximate surface area is 85.4 Å². The second-order valence-electron chi connectivity index (χ2n) is 3.04. The van der Waals surface area contributed by atoms with Crippen molar-refractivity contribution in [2.75, 3.05) is 5.75 Å². The molecule has 0 spiro atoms. The van der Waals surface area contributed by atoms with E-state index in [2.05, 4.69) is 6.58 Å². The fraction of sp³-hybridized carbons (Fsp3) is 0.667. The lowest BCUT2D eigenvalue weighted by Gasteiger charge is -2.04. The Morgan fingerprint density at radius 2 is 2.07 bits per heavy atom. The quantitative estimate of drug-likeness (QED) is 0.517. The van der Waals surface area contributed by atoms with Crippen LogP contribution in [0.3, 0.4) is 0 Å². The largest absolute Gasteiger partial charge is 0.274 e. The van der Waals surface area contributed by atoms with Gasteiger partial charge in [0.15, 0.2) is 0 Å². The molecular weight excluding hydrogens is 202 g/mol. The molecule has 0 aliphatic carbocycles. The molecule has 0 heterocycles. The van der Waals surface area contributed by atoms with E-state index in [9.17, 15) is 13.2 Å². The Hall–Kier alpha value is -0.840. The SMILES string of the molecule is C=CCC(=O)NS(=O)(=O)CCCCC. The van der Waals surface area contributed by atoms with E-state index < -0.39 is 15.9 Å². The molecule has 0 aromatic rings. The number of rotatable bonds is 7. The molecule has 82 valence electrons. The van der Waals surface area contributed by atoms with E-state index in [1.165, 1.54) is 6.08 Å². The molecule has 14 heavy (non-hydrogen) atoms. The van der Waals surface area contributed by atoms with Gasteiger partial charge in [-0.05, 0) is 6.42 Å². The smallest absolute Gasteiger partial charge is 0.237 e. The molecular formula is C9H17NO3S. The summed E-state index contributed by atoms with van der Waals surface area (Å²) in [6.45, 7) is 5.34. The van der Waals surface area contributed by atoms with Crippen molar-refractivity contribution >= 4 is 15.9 Å². The zero-order chi connectivity index (χ0) is 11.0. The summed E-state index contributed by atoms with van der Waals surface area (Å²) >= 11 is 0. The monoisotopic (exact) mass is 219 g/mol. The van der Waals surface area contributed by atoms with Crippen molar-refractivity contribution in [3.8, 4) is 0 Å². The summed E-state index contributed by atoms with van der Waals surface area (Å²) in [5.41, 5.74) is 0. The van der Waals surface area contributed by atoms with Crippen LogP contribution in [0, 0.1) is 0 Å². The Morgan fingerprint density at radius 1 is 1.43 bits per heavy atom. The van der Waals surface area contributed by atoms with Crippen LogP contribution in [0.5, 0.6) is 0 Å². The summed E-state index contributed by atoms with van der Waals surface area (Å²) < 4.78 is 24.4. The molecule has 0 aliphatic rings. The highest BCUT2D eigenvalue weighted by atomic mass is 32.2. The van der Waals surface area contributed by atoms with Crippen LogP contribution in [0.15, 0.2) is 12.7 Å². The average molecular weight is 219 g/mol. The number of carbonyl (C=O) groups is 1. The van der Waals surface area contributed by atoms with Gasteiger partial charge >= 0.3 is 0 Å². The van der Waals surface area contributed by atoms with E-state index in [0.29, 0.717) is 6.42 Å². The van der Waals surface area contributed by atoms with Gasteiger partial charge in [0, 0.05) is 6.42 Å². The highest BCUT2D eigenvalue weighted by molar-refractivity contribution is 7.90. The van der Waals surface area contributed by atoms with E-state index >= 15 is 0 Å². The van der Waals surface area contributed by atoms with E-state index in [4.69, 9.17) is 0 Å². The maximum atomic E-state index is 11.2. The van der Waals surface area contributed by atoms with Crippen molar-refractivity contribution < 1.29 is 13.2 Å². The summed E-state index contributed by atoms with van der Waals surface area (Å²) in [7, 11) is -3.42. The minimum atomic E-state index is -3.42. The van der Waals surface area contributed by atoms with Crippen LogP contribution in [0.1, 0.15) is 32.6 Å². The molecule has 0 aromatic heterocycles.